The molecule has 0 heterocycles. The van der Waals surface area contributed by atoms with Crippen molar-refractivity contribution in [3.8, 4) is 5.75 Å². The molecule has 0 spiro atoms. The first-order valence-electron chi connectivity index (χ1n) is 5.90. The summed E-state index contributed by atoms with van der Waals surface area (Å²) >= 11 is 0. The Kier molecular flexibility index (Phi) is 6.74. The van der Waals surface area contributed by atoms with E-state index < -0.39 is 7.12 Å². The zero-order chi connectivity index (χ0) is 13.4. The minimum absolute atomic E-state index is 0.431. The number of likely N-dealkylation sites (N-methyl/N-ethyl adjacent to an activating group) is 1. The molecule has 0 saturated carbocycles. The van der Waals surface area contributed by atoms with Crippen molar-refractivity contribution in [1.29, 1.82) is 0 Å². The van der Waals surface area contributed by atoms with Crippen LogP contribution in [0.3, 0.4) is 0 Å². The van der Waals surface area contributed by atoms with E-state index in [4.69, 9.17) is 19.5 Å². The van der Waals surface area contributed by atoms with Gasteiger partial charge in [-0.2, -0.15) is 0 Å². The highest BCUT2D eigenvalue weighted by atomic mass is 16.5. The minimum Gasteiger partial charge on any atom is -0.492 e. The van der Waals surface area contributed by atoms with Crippen LogP contribution >= 0.6 is 0 Å². The van der Waals surface area contributed by atoms with E-state index in [2.05, 4.69) is 4.90 Å². The van der Waals surface area contributed by atoms with Gasteiger partial charge in [0.05, 0.1) is 6.61 Å². The van der Waals surface area contributed by atoms with E-state index in [1.807, 2.05) is 7.05 Å². The maximum Gasteiger partial charge on any atom is 0.488 e. The Morgan fingerprint density at radius 3 is 2.61 bits per heavy atom. The van der Waals surface area contributed by atoms with Gasteiger partial charge in [-0.25, -0.2) is 0 Å². The number of methoxy groups -OCH3 is 1. The molecule has 6 heteroatoms. The molecule has 1 aromatic carbocycles. The van der Waals surface area contributed by atoms with Crippen molar-refractivity contribution in [2.24, 2.45) is 0 Å². The van der Waals surface area contributed by atoms with Crippen molar-refractivity contribution in [3.63, 3.8) is 0 Å². The van der Waals surface area contributed by atoms with Gasteiger partial charge in [0.1, 0.15) is 12.4 Å². The van der Waals surface area contributed by atoms with Gasteiger partial charge >= 0.3 is 7.12 Å². The molecule has 0 aliphatic rings. The maximum atomic E-state index is 9.04. The van der Waals surface area contributed by atoms with E-state index in [0.717, 1.165) is 13.1 Å². The highest BCUT2D eigenvalue weighted by molar-refractivity contribution is 6.58. The molecule has 100 valence electrons. The fourth-order valence-corrected chi connectivity index (χ4v) is 1.44. The van der Waals surface area contributed by atoms with Gasteiger partial charge in [-0.3, -0.25) is 0 Å². The fourth-order valence-electron chi connectivity index (χ4n) is 1.44. The van der Waals surface area contributed by atoms with Crippen molar-refractivity contribution < 1.29 is 19.5 Å². The summed E-state index contributed by atoms with van der Waals surface area (Å²) in [5.74, 6) is 0.640. The molecular formula is C12H20BNO4. The van der Waals surface area contributed by atoms with Crippen LogP contribution in [0.4, 0.5) is 0 Å². The molecule has 0 aromatic heterocycles. The summed E-state index contributed by atoms with van der Waals surface area (Å²) in [5.41, 5.74) is 0.431. The van der Waals surface area contributed by atoms with Crippen LogP contribution in [0.25, 0.3) is 0 Å². The third-order valence-corrected chi connectivity index (χ3v) is 2.58. The van der Waals surface area contributed by atoms with Gasteiger partial charge in [-0.15, -0.1) is 0 Å². The van der Waals surface area contributed by atoms with E-state index in [9.17, 15) is 0 Å². The lowest BCUT2D eigenvalue weighted by molar-refractivity contribution is 0.150. The molecule has 0 radical (unpaired) electrons. The van der Waals surface area contributed by atoms with E-state index in [0.29, 0.717) is 24.4 Å². The Balaban J connectivity index is 2.32. The average molecular weight is 253 g/mol. The molecule has 0 saturated heterocycles. The first-order chi connectivity index (χ1) is 8.63. The van der Waals surface area contributed by atoms with Gasteiger partial charge in [0.15, 0.2) is 0 Å². The molecule has 0 bridgehead atoms. The molecule has 5 nitrogen and oxygen atoms in total. The average Bonchev–Trinajstić information content (AvgIpc) is 2.36. The third-order valence-electron chi connectivity index (χ3n) is 2.58. The summed E-state index contributed by atoms with van der Waals surface area (Å²) in [6.07, 6.45) is 0. The largest absolute Gasteiger partial charge is 0.492 e. The molecule has 0 aliphatic heterocycles. The van der Waals surface area contributed by atoms with Gasteiger partial charge in [0, 0.05) is 20.2 Å². The normalized spacial score (nSPS) is 10.7. The first-order valence-corrected chi connectivity index (χ1v) is 5.90. The molecule has 0 amide bonds. The molecule has 1 rings (SSSR count). The van der Waals surface area contributed by atoms with Crippen LogP contribution in [0.2, 0.25) is 0 Å². The summed E-state index contributed by atoms with van der Waals surface area (Å²) in [7, 11) is 2.21. The summed E-state index contributed by atoms with van der Waals surface area (Å²) in [6.45, 7) is 2.89. The summed E-state index contributed by atoms with van der Waals surface area (Å²) in [6, 6.07) is 6.79. The molecule has 1 aromatic rings. The summed E-state index contributed by atoms with van der Waals surface area (Å²) in [5, 5.41) is 18.1. The van der Waals surface area contributed by atoms with Crippen LogP contribution < -0.4 is 10.2 Å². The van der Waals surface area contributed by atoms with Crippen molar-refractivity contribution in [3.05, 3.63) is 24.3 Å². The Morgan fingerprint density at radius 2 is 1.94 bits per heavy atom. The number of rotatable bonds is 8. The highest BCUT2D eigenvalue weighted by Crippen LogP contribution is 2.07. The fraction of sp³-hybridized carbons (Fsp3) is 0.500. The molecule has 0 atom stereocenters. The van der Waals surface area contributed by atoms with Crippen LogP contribution in [0.1, 0.15) is 0 Å². The van der Waals surface area contributed by atoms with E-state index >= 15 is 0 Å². The first kappa shape index (κ1) is 15.0. The van der Waals surface area contributed by atoms with E-state index in [1.54, 1.807) is 31.4 Å². The summed E-state index contributed by atoms with van der Waals surface area (Å²) in [4.78, 5) is 2.11. The van der Waals surface area contributed by atoms with Gasteiger partial charge in [-0.1, -0.05) is 12.1 Å². The lowest BCUT2D eigenvalue weighted by Gasteiger charge is -2.16. The lowest BCUT2D eigenvalue weighted by atomic mass is 9.80. The molecule has 2 N–H and O–H groups in total. The van der Waals surface area contributed by atoms with Crippen molar-refractivity contribution >= 4 is 12.6 Å². The highest BCUT2D eigenvalue weighted by Gasteiger charge is 2.11. The van der Waals surface area contributed by atoms with Crippen LogP contribution in [-0.4, -0.2) is 62.5 Å². The molecule has 0 aliphatic carbocycles. The Morgan fingerprint density at radius 1 is 1.22 bits per heavy atom. The predicted octanol–water partition coefficient (Wildman–Crippen LogP) is -0.677. The second kappa shape index (κ2) is 8.10. The SMILES string of the molecule is COCCN(C)CCOc1cccc(B(O)O)c1. The van der Waals surface area contributed by atoms with Crippen LogP contribution in [0, 0.1) is 0 Å². The zero-order valence-electron chi connectivity index (χ0n) is 10.9. The topological polar surface area (TPSA) is 62.2 Å². The third kappa shape index (κ3) is 5.51. The lowest BCUT2D eigenvalue weighted by Crippen LogP contribution is -2.30. The Bertz CT molecular complexity index is 349. The molecule has 0 fully saturated rings. The predicted molar refractivity (Wildman–Crippen MR) is 71.1 cm³/mol. The second-order valence-corrected chi connectivity index (χ2v) is 4.09. The number of hydrogen-bond acceptors (Lipinski definition) is 5. The van der Waals surface area contributed by atoms with Crippen LogP contribution in [-0.2, 0) is 4.74 Å². The van der Waals surface area contributed by atoms with E-state index in [-0.39, 0.29) is 0 Å². The second-order valence-electron chi connectivity index (χ2n) is 4.09. The van der Waals surface area contributed by atoms with Gasteiger partial charge in [-0.05, 0) is 24.6 Å². The summed E-state index contributed by atoms with van der Waals surface area (Å²) < 4.78 is 10.5. The molecular weight excluding hydrogens is 233 g/mol. The quantitative estimate of drug-likeness (QED) is 0.601. The van der Waals surface area contributed by atoms with E-state index in [1.165, 1.54) is 0 Å². The molecule has 18 heavy (non-hydrogen) atoms. The maximum absolute atomic E-state index is 9.04. The van der Waals surface area contributed by atoms with Crippen molar-refractivity contribution in [2.45, 2.75) is 0 Å². The van der Waals surface area contributed by atoms with Crippen molar-refractivity contribution in [1.82, 2.24) is 4.90 Å². The van der Waals surface area contributed by atoms with Crippen LogP contribution in [0.15, 0.2) is 24.3 Å². The van der Waals surface area contributed by atoms with Gasteiger partial charge in [0.25, 0.3) is 0 Å². The number of hydrogen-bond donors (Lipinski definition) is 2. The van der Waals surface area contributed by atoms with Crippen molar-refractivity contribution in [2.75, 3.05) is 40.5 Å². The Labute approximate surface area is 108 Å². The van der Waals surface area contributed by atoms with Crippen LogP contribution in [0.5, 0.6) is 5.75 Å². The van der Waals surface area contributed by atoms with Gasteiger partial charge < -0.3 is 24.4 Å². The number of ether oxygens (including phenoxy) is 2. The molecule has 0 unspecified atom stereocenters. The minimum atomic E-state index is -1.46. The smallest absolute Gasteiger partial charge is 0.488 e. The zero-order valence-corrected chi connectivity index (χ0v) is 10.9. The Hall–Kier alpha value is -1.08. The standard InChI is InChI=1S/C12H20BNO4/c1-14(6-8-17-2)7-9-18-12-5-3-4-11(10-12)13(15)16/h3-5,10,15-16H,6-9H2,1-2H3. The monoisotopic (exact) mass is 253 g/mol. The number of benzene rings is 1. The van der Waals surface area contributed by atoms with Gasteiger partial charge in [0.2, 0.25) is 0 Å². The number of nitrogens with zero attached hydrogens (tertiary/aromatic N) is 1.